The lowest BCUT2D eigenvalue weighted by Gasteiger charge is -2.26. The molecule has 3 heteroatoms. The molecule has 2 N–H and O–H groups in total. The third kappa shape index (κ3) is 4.32. The zero-order chi connectivity index (χ0) is 12.7. The molecule has 1 aromatic carbocycles. The molecule has 1 rings (SSSR count). The molecule has 0 aliphatic heterocycles. The van der Waals surface area contributed by atoms with E-state index in [2.05, 4.69) is 52.9 Å². The summed E-state index contributed by atoms with van der Waals surface area (Å²) in [6.07, 6.45) is 3.42. The number of anilines is 1. The fourth-order valence-electron chi connectivity index (χ4n) is 2.02. The zero-order valence-electron chi connectivity index (χ0n) is 10.9. The molecule has 17 heavy (non-hydrogen) atoms. The van der Waals surface area contributed by atoms with Gasteiger partial charge in [0.1, 0.15) is 0 Å². The van der Waals surface area contributed by atoms with E-state index in [1.165, 1.54) is 24.1 Å². The average molecular weight is 299 g/mol. The quantitative estimate of drug-likeness (QED) is 0.834. The number of rotatable bonds is 7. The van der Waals surface area contributed by atoms with Crippen LogP contribution in [0.15, 0.2) is 22.7 Å². The van der Waals surface area contributed by atoms with Crippen LogP contribution >= 0.6 is 15.9 Å². The first kappa shape index (κ1) is 14.5. The zero-order valence-corrected chi connectivity index (χ0v) is 12.5. The van der Waals surface area contributed by atoms with Crippen molar-refractivity contribution in [3.05, 3.63) is 28.2 Å². The Morgan fingerprint density at radius 3 is 2.65 bits per heavy atom. The SMILES string of the molecule is CCCCN(CC)c1ccc(Br)cc1CCN. The summed E-state index contributed by atoms with van der Waals surface area (Å²) >= 11 is 3.53. The highest BCUT2D eigenvalue weighted by Crippen LogP contribution is 2.25. The van der Waals surface area contributed by atoms with Gasteiger partial charge in [0.2, 0.25) is 0 Å². The Bertz CT molecular complexity index is 339. The molecule has 0 saturated heterocycles. The molecule has 0 fully saturated rings. The Labute approximate surface area is 113 Å². The van der Waals surface area contributed by atoms with Gasteiger partial charge in [0.05, 0.1) is 0 Å². The number of nitrogens with zero attached hydrogens (tertiary/aromatic N) is 1. The minimum atomic E-state index is 0.703. The van der Waals surface area contributed by atoms with Gasteiger partial charge in [-0.15, -0.1) is 0 Å². The van der Waals surface area contributed by atoms with Gasteiger partial charge in [-0.2, -0.15) is 0 Å². The molecule has 96 valence electrons. The van der Waals surface area contributed by atoms with Crippen molar-refractivity contribution in [1.29, 1.82) is 0 Å². The van der Waals surface area contributed by atoms with E-state index in [1.807, 2.05) is 0 Å². The lowest BCUT2D eigenvalue weighted by Crippen LogP contribution is -2.25. The highest BCUT2D eigenvalue weighted by molar-refractivity contribution is 9.10. The van der Waals surface area contributed by atoms with Crippen molar-refractivity contribution in [3.8, 4) is 0 Å². The Balaban J connectivity index is 2.91. The molecule has 0 bridgehead atoms. The Morgan fingerprint density at radius 1 is 1.29 bits per heavy atom. The molecule has 2 nitrogen and oxygen atoms in total. The van der Waals surface area contributed by atoms with Gasteiger partial charge in [0.25, 0.3) is 0 Å². The fraction of sp³-hybridized carbons (Fsp3) is 0.571. The maximum atomic E-state index is 5.69. The normalized spacial score (nSPS) is 10.6. The lowest BCUT2D eigenvalue weighted by molar-refractivity contribution is 0.728. The molecule has 0 saturated carbocycles. The van der Waals surface area contributed by atoms with E-state index in [0.717, 1.165) is 24.0 Å². The first-order chi connectivity index (χ1) is 8.22. The molecule has 0 aliphatic rings. The van der Waals surface area contributed by atoms with Gasteiger partial charge in [-0.25, -0.2) is 0 Å². The van der Waals surface area contributed by atoms with Crippen LogP contribution in [-0.2, 0) is 6.42 Å². The van der Waals surface area contributed by atoms with Crippen LogP contribution in [0.25, 0.3) is 0 Å². The van der Waals surface area contributed by atoms with E-state index in [-0.39, 0.29) is 0 Å². The number of nitrogens with two attached hydrogens (primary N) is 1. The molecule has 0 aliphatic carbocycles. The van der Waals surface area contributed by atoms with E-state index in [9.17, 15) is 0 Å². The largest absolute Gasteiger partial charge is 0.372 e. The minimum Gasteiger partial charge on any atom is -0.372 e. The minimum absolute atomic E-state index is 0.703. The van der Waals surface area contributed by atoms with Gasteiger partial charge < -0.3 is 10.6 Å². The summed E-state index contributed by atoms with van der Waals surface area (Å²) in [5.74, 6) is 0. The molecular weight excluding hydrogens is 276 g/mol. The van der Waals surface area contributed by atoms with Crippen LogP contribution in [0.5, 0.6) is 0 Å². The van der Waals surface area contributed by atoms with E-state index in [0.29, 0.717) is 6.54 Å². The van der Waals surface area contributed by atoms with E-state index in [1.54, 1.807) is 0 Å². The highest BCUT2D eigenvalue weighted by Gasteiger charge is 2.09. The summed E-state index contributed by atoms with van der Waals surface area (Å²) in [5, 5.41) is 0. The second-order valence-electron chi connectivity index (χ2n) is 4.24. The van der Waals surface area contributed by atoms with E-state index >= 15 is 0 Å². The summed E-state index contributed by atoms with van der Waals surface area (Å²) < 4.78 is 1.14. The maximum Gasteiger partial charge on any atom is 0.0399 e. The van der Waals surface area contributed by atoms with Crippen LogP contribution in [0.4, 0.5) is 5.69 Å². The average Bonchev–Trinajstić information content (AvgIpc) is 2.32. The van der Waals surface area contributed by atoms with Gasteiger partial charge in [-0.1, -0.05) is 29.3 Å². The van der Waals surface area contributed by atoms with Gasteiger partial charge in [0.15, 0.2) is 0 Å². The van der Waals surface area contributed by atoms with Crippen molar-refractivity contribution in [2.45, 2.75) is 33.1 Å². The number of unbranched alkanes of at least 4 members (excludes halogenated alkanes) is 1. The number of halogens is 1. The Morgan fingerprint density at radius 2 is 2.06 bits per heavy atom. The molecule has 0 spiro atoms. The molecule has 0 amide bonds. The second-order valence-corrected chi connectivity index (χ2v) is 5.16. The first-order valence-corrected chi connectivity index (χ1v) is 7.25. The topological polar surface area (TPSA) is 29.3 Å². The van der Waals surface area contributed by atoms with Crippen molar-refractivity contribution < 1.29 is 0 Å². The van der Waals surface area contributed by atoms with Crippen molar-refractivity contribution in [1.82, 2.24) is 0 Å². The molecule has 0 unspecified atom stereocenters. The molecule has 1 aromatic rings. The van der Waals surface area contributed by atoms with Crippen LogP contribution in [-0.4, -0.2) is 19.6 Å². The fourth-order valence-corrected chi connectivity index (χ4v) is 2.42. The summed E-state index contributed by atoms with van der Waals surface area (Å²) in [6.45, 7) is 7.33. The second kappa shape index (κ2) is 7.72. The van der Waals surface area contributed by atoms with E-state index in [4.69, 9.17) is 5.73 Å². The molecule has 0 heterocycles. The summed E-state index contributed by atoms with van der Waals surface area (Å²) in [7, 11) is 0. The number of hydrogen-bond donors (Lipinski definition) is 1. The first-order valence-electron chi connectivity index (χ1n) is 6.46. The maximum absolute atomic E-state index is 5.69. The summed E-state index contributed by atoms with van der Waals surface area (Å²) in [4.78, 5) is 2.45. The molecule has 0 radical (unpaired) electrons. The van der Waals surface area contributed by atoms with Crippen LogP contribution in [0, 0.1) is 0 Å². The lowest BCUT2D eigenvalue weighted by atomic mass is 10.1. The molecule has 0 aromatic heterocycles. The number of benzene rings is 1. The smallest absolute Gasteiger partial charge is 0.0399 e. The number of hydrogen-bond acceptors (Lipinski definition) is 2. The van der Waals surface area contributed by atoms with Crippen molar-refractivity contribution in [2.75, 3.05) is 24.5 Å². The van der Waals surface area contributed by atoms with Crippen LogP contribution in [0.3, 0.4) is 0 Å². The highest BCUT2D eigenvalue weighted by atomic mass is 79.9. The van der Waals surface area contributed by atoms with E-state index < -0.39 is 0 Å². The van der Waals surface area contributed by atoms with Crippen LogP contribution in [0.2, 0.25) is 0 Å². The monoisotopic (exact) mass is 298 g/mol. The van der Waals surface area contributed by atoms with Crippen molar-refractivity contribution in [2.24, 2.45) is 5.73 Å². The standard InChI is InChI=1S/C14H23BrN2/c1-3-5-10-17(4-2)14-7-6-13(15)11-12(14)8-9-16/h6-7,11H,3-5,8-10,16H2,1-2H3. The summed E-state index contributed by atoms with van der Waals surface area (Å²) in [6, 6.07) is 6.51. The third-order valence-corrected chi connectivity index (χ3v) is 3.45. The summed E-state index contributed by atoms with van der Waals surface area (Å²) in [5.41, 5.74) is 8.38. The Hall–Kier alpha value is -0.540. The van der Waals surface area contributed by atoms with Crippen LogP contribution in [0.1, 0.15) is 32.3 Å². The Kier molecular flexibility index (Phi) is 6.60. The third-order valence-electron chi connectivity index (χ3n) is 2.96. The van der Waals surface area contributed by atoms with Crippen LogP contribution < -0.4 is 10.6 Å². The molecular formula is C14H23BrN2. The predicted octanol–water partition coefficient (Wildman–Crippen LogP) is 3.58. The van der Waals surface area contributed by atoms with Gasteiger partial charge in [-0.3, -0.25) is 0 Å². The van der Waals surface area contributed by atoms with Crippen molar-refractivity contribution >= 4 is 21.6 Å². The van der Waals surface area contributed by atoms with Gasteiger partial charge in [-0.05, 0) is 50.1 Å². The van der Waals surface area contributed by atoms with Gasteiger partial charge >= 0.3 is 0 Å². The molecule has 0 atom stereocenters. The van der Waals surface area contributed by atoms with Gasteiger partial charge in [0, 0.05) is 23.2 Å². The predicted molar refractivity (Wildman–Crippen MR) is 79.7 cm³/mol. The van der Waals surface area contributed by atoms with Crippen molar-refractivity contribution in [3.63, 3.8) is 0 Å².